The van der Waals surface area contributed by atoms with Crippen LogP contribution in [0.3, 0.4) is 0 Å². The van der Waals surface area contributed by atoms with E-state index >= 15 is 0 Å². The summed E-state index contributed by atoms with van der Waals surface area (Å²) in [6.07, 6.45) is 0.832. The average molecular weight is 496 g/mol. The van der Waals surface area contributed by atoms with Crippen molar-refractivity contribution in [3.8, 4) is 5.75 Å². The van der Waals surface area contributed by atoms with Gasteiger partial charge in [-0.25, -0.2) is 4.98 Å². The first-order valence-electron chi connectivity index (χ1n) is 11.4. The minimum absolute atomic E-state index is 0.116. The van der Waals surface area contributed by atoms with Crippen molar-refractivity contribution in [2.45, 2.75) is 6.42 Å². The number of nitrogens with zero attached hydrogens (tertiary/aromatic N) is 3. The molecule has 1 aromatic heterocycles. The summed E-state index contributed by atoms with van der Waals surface area (Å²) in [5.74, 6) is 0.445. The number of halogens is 1. The van der Waals surface area contributed by atoms with Gasteiger partial charge >= 0.3 is 0 Å². The maximum absolute atomic E-state index is 13.9. The van der Waals surface area contributed by atoms with Crippen molar-refractivity contribution in [2.24, 2.45) is 0 Å². The predicted octanol–water partition coefficient (Wildman–Crippen LogP) is 5.48. The van der Waals surface area contributed by atoms with Gasteiger partial charge in [-0.15, -0.1) is 0 Å². The molecule has 2 heterocycles. The maximum Gasteiger partial charge on any atom is 0.263 e. The van der Waals surface area contributed by atoms with E-state index in [1.165, 1.54) is 11.3 Å². The van der Waals surface area contributed by atoms with Crippen LogP contribution in [0.5, 0.6) is 5.75 Å². The molecule has 0 atom stereocenters. The molecule has 0 aliphatic carbocycles. The quantitative estimate of drug-likeness (QED) is 0.340. The number of morpholine rings is 1. The Bertz CT molecular complexity index is 1320. The number of benzene rings is 3. The highest BCUT2D eigenvalue weighted by molar-refractivity contribution is 7.22. The lowest BCUT2D eigenvalue weighted by atomic mass is 10.0. The molecule has 6 nitrogen and oxygen atoms in total. The van der Waals surface area contributed by atoms with E-state index in [2.05, 4.69) is 4.90 Å². The molecule has 1 amide bonds. The van der Waals surface area contributed by atoms with Crippen molar-refractivity contribution < 1.29 is 14.3 Å². The Morgan fingerprint density at radius 2 is 1.91 bits per heavy atom. The number of methoxy groups -OCH3 is 1. The second-order valence-corrected chi connectivity index (χ2v) is 9.72. The first-order chi connectivity index (χ1) is 16.6. The van der Waals surface area contributed by atoms with Crippen molar-refractivity contribution in [2.75, 3.05) is 51.4 Å². The summed E-state index contributed by atoms with van der Waals surface area (Å²) < 4.78 is 12.0. The van der Waals surface area contributed by atoms with E-state index in [1.54, 1.807) is 12.0 Å². The van der Waals surface area contributed by atoms with Crippen molar-refractivity contribution in [1.82, 2.24) is 9.88 Å². The number of rotatable bonds is 7. The fourth-order valence-corrected chi connectivity index (χ4v) is 5.53. The molecule has 3 aromatic carbocycles. The Hall–Kier alpha value is -2.71. The highest BCUT2D eigenvalue weighted by Crippen LogP contribution is 2.34. The fourth-order valence-electron chi connectivity index (χ4n) is 4.26. The van der Waals surface area contributed by atoms with Crippen molar-refractivity contribution >= 4 is 55.0 Å². The monoisotopic (exact) mass is 495 g/mol. The number of amides is 1. The van der Waals surface area contributed by atoms with E-state index in [9.17, 15) is 4.79 Å². The van der Waals surface area contributed by atoms with Gasteiger partial charge in [-0.3, -0.25) is 14.6 Å². The molecule has 1 aliphatic heterocycles. The van der Waals surface area contributed by atoms with Gasteiger partial charge in [-0.05, 0) is 47.5 Å². The van der Waals surface area contributed by atoms with Crippen molar-refractivity contribution in [1.29, 1.82) is 0 Å². The van der Waals surface area contributed by atoms with Gasteiger partial charge in [0.2, 0.25) is 0 Å². The number of hydrogen-bond acceptors (Lipinski definition) is 6. The lowest BCUT2D eigenvalue weighted by Gasteiger charge is -2.28. The zero-order chi connectivity index (χ0) is 23.5. The third kappa shape index (κ3) is 4.88. The smallest absolute Gasteiger partial charge is 0.263 e. The molecule has 1 fully saturated rings. The Labute approximate surface area is 207 Å². The number of aromatic nitrogens is 1. The number of carbonyl (C=O) groups excluding carboxylic acids is 1. The molecule has 1 aliphatic rings. The van der Waals surface area contributed by atoms with Gasteiger partial charge in [-0.2, -0.15) is 0 Å². The van der Waals surface area contributed by atoms with Crippen molar-refractivity contribution in [3.05, 3.63) is 65.2 Å². The lowest BCUT2D eigenvalue weighted by molar-refractivity contribution is 0.0376. The molecule has 0 N–H and O–H groups in total. The third-order valence-electron chi connectivity index (χ3n) is 6.07. The van der Waals surface area contributed by atoms with Crippen LogP contribution in [-0.2, 0) is 4.74 Å². The van der Waals surface area contributed by atoms with Crippen LogP contribution < -0.4 is 9.64 Å². The molecular weight excluding hydrogens is 470 g/mol. The summed E-state index contributed by atoms with van der Waals surface area (Å²) in [5.41, 5.74) is 1.37. The highest BCUT2D eigenvalue weighted by Gasteiger charge is 2.25. The summed E-state index contributed by atoms with van der Waals surface area (Å²) in [6.45, 7) is 4.82. The van der Waals surface area contributed by atoms with Gasteiger partial charge in [0.05, 0.1) is 36.1 Å². The zero-order valence-corrected chi connectivity index (χ0v) is 20.6. The van der Waals surface area contributed by atoms with Crippen LogP contribution in [0.2, 0.25) is 5.02 Å². The lowest BCUT2D eigenvalue weighted by Crippen LogP contribution is -2.39. The largest absolute Gasteiger partial charge is 0.496 e. The molecule has 8 heteroatoms. The molecule has 5 rings (SSSR count). The Balaban J connectivity index is 1.48. The average Bonchev–Trinajstić information content (AvgIpc) is 3.28. The minimum atomic E-state index is -0.116. The molecule has 1 saturated heterocycles. The molecule has 0 spiro atoms. The van der Waals surface area contributed by atoms with Crippen LogP contribution in [0.25, 0.3) is 21.0 Å². The second kappa shape index (κ2) is 10.3. The maximum atomic E-state index is 13.9. The normalized spacial score (nSPS) is 14.5. The van der Waals surface area contributed by atoms with Crippen LogP contribution in [-0.4, -0.2) is 62.3 Å². The summed E-state index contributed by atoms with van der Waals surface area (Å²) in [5, 5.41) is 3.35. The second-order valence-electron chi connectivity index (χ2n) is 8.27. The summed E-state index contributed by atoms with van der Waals surface area (Å²) >= 11 is 7.68. The van der Waals surface area contributed by atoms with E-state index in [0.717, 1.165) is 60.3 Å². The van der Waals surface area contributed by atoms with Crippen LogP contribution in [0.15, 0.2) is 54.6 Å². The topological polar surface area (TPSA) is 54.9 Å². The van der Waals surface area contributed by atoms with Gasteiger partial charge in [0.25, 0.3) is 5.91 Å². The Morgan fingerprint density at radius 3 is 2.68 bits per heavy atom. The third-order valence-corrected chi connectivity index (χ3v) is 7.35. The molecule has 0 saturated carbocycles. The van der Waals surface area contributed by atoms with Crippen LogP contribution in [0, 0.1) is 0 Å². The summed E-state index contributed by atoms with van der Waals surface area (Å²) in [4.78, 5) is 22.9. The predicted molar refractivity (Wildman–Crippen MR) is 139 cm³/mol. The van der Waals surface area contributed by atoms with Gasteiger partial charge in [0.1, 0.15) is 5.75 Å². The molecule has 34 heavy (non-hydrogen) atoms. The number of carbonyl (C=O) groups is 1. The SMILES string of the molecule is COc1cc2ccccc2cc1C(=O)N(CCCN1CCOCC1)c1nc2ccc(Cl)cc2s1. The molecule has 0 bridgehead atoms. The number of hydrogen-bond donors (Lipinski definition) is 0. The molecule has 0 radical (unpaired) electrons. The number of ether oxygens (including phenoxy) is 2. The molecule has 0 unspecified atom stereocenters. The first-order valence-corrected chi connectivity index (χ1v) is 12.6. The van der Waals surface area contributed by atoms with Gasteiger partial charge in [0.15, 0.2) is 5.13 Å². The number of anilines is 1. The van der Waals surface area contributed by atoms with Gasteiger partial charge < -0.3 is 9.47 Å². The van der Waals surface area contributed by atoms with Crippen molar-refractivity contribution in [3.63, 3.8) is 0 Å². The Kier molecular flexibility index (Phi) is 6.97. The van der Waals surface area contributed by atoms with E-state index < -0.39 is 0 Å². The van der Waals surface area contributed by atoms with E-state index in [0.29, 0.717) is 28.0 Å². The highest BCUT2D eigenvalue weighted by atomic mass is 35.5. The van der Waals surface area contributed by atoms with Crippen LogP contribution in [0.4, 0.5) is 5.13 Å². The number of fused-ring (bicyclic) bond motifs is 2. The summed E-state index contributed by atoms with van der Waals surface area (Å²) in [7, 11) is 1.60. The van der Waals surface area contributed by atoms with E-state index in [-0.39, 0.29) is 5.91 Å². The summed E-state index contributed by atoms with van der Waals surface area (Å²) in [6, 6.07) is 17.4. The molecule has 176 valence electrons. The standard InChI is InChI=1S/C26H26ClN3O3S/c1-32-23-16-19-6-3-2-5-18(19)15-21(23)25(31)30(10-4-9-29-11-13-33-14-12-29)26-28-22-8-7-20(27)17-24(22)34-26/h2-3,5-8,15-17H,4,9-14H2,1H3. The van der Waals surface area contributed by atoms with Crippen LogP contribution >= 0.6 is 22.9 Å². The minimum Gasteiger partial charge on any atom is -0.496 e. The molecule has 4 aromatic rings. The van der Waals surface area contributed by atoms with Gasteiger partial charge in [-0.1, -0.05) is 47.2 Å². The van der Waals surface area contributed by atoms with Gasteiger partial charge in [0, 0.05) is 31.2 Å². The Morgan fingerprint density at radius 1 is 1.15 bits per heavy atom. The fraction of sp³-hybridized carbons (Fsp3) is 0.308. The van der Waals surface area contributed by atoms with Crippen LogP contribution in [0.1, 0.15) is 16.8 Å². The van der Waals surface area contributed by atoms with E-state index in [1.807, 2.05) is 54.6 Å². The zero-order valence-electron chi connectivity index (χ0n) is 19.0. The molecular formula is C26H26ClN3O3S. The first kappa shape index (κ1) is 23.1. The number of thiazole rings is 1. The van der Waals surface area contributed by atoms with E-state index in [4.69, 9.17) is 26.1 Å².